The SMILES string of the molecule is Nc1ncc(-c2cnn(CCN3CCCC3)c2)cc1-c1nnnn1-c1cccc(Cl)c1Cl. The average Bonchev–Trinajstić information content (AvgIpc) is 3.56. The predicted octanol–water partition coefficient (Wildman–Crippen LogP) is 3.57. The van der Waals surface area contributed by atoms with Crippen molar-refractivity contribution in [2.75, 3.05) is 25.4 Å². The molecular formula is C21H21Cl2N9. The van der Waals surface area contributed by atoms with Gasteiger partial charge in [-0.15, -0.1) is 5.10 Å². The van der Waals surface area contributed by atoms with Gasteiger partial charge in [-0.3, -0.25) is 4.68 Å². The fourth-order valence-electron chi connectivity index (χ4n) is 3.87. The van der Waals surface area contributed by atoms with Crippen LogP contribution in [0.15, 0.2) is 42.9 Å². The molecule has 4 aromatic rings. The summed E-state index contributed by atoms with van der Waals surface area (Å²) in [5.74, 6) is 0.729. The van der Waals surface area contributed by atoms with Gasteiger partial charge in [0.15, 0.2) is 5.82 Å². The zero-order valence-corrected chi connectivity index (χ0v) is 18.7. The van der Waals surface area contributed by atoms with Crippen molar-refractivity contribution in [3.8, 4) is 28.2 Å². The highest BCUT2D eigenvalue weighted by molar-refractivity contribution is 6.43. The van der Waals surface area contributed by atoms with E-state index in [9.17, 15) is 0 Å². The molecule has 0 amide bonds. The lowest BCUT2D eigenvalue weighted by Gasteiger charge is -2.13. The minimum absolute atomic E-state index is 0.310. The van der Waals surface area contributed by atoms with Crippen LogP contribution in [0.25, 0.3) is 28.2 Å². The highest BCUT2D eigenvalue weighted by atomic mass is 35.5. The van der Waals surface area contributed by atoms with Crippen LogP contribution in [0.2, 0.25) is 10.0 Å². The number of hydrogen-bond acceptors (Lipinski definition) is 7. The number of rotatable bonds is 6. The number of pyridine rings is 1. The molecule has 0 unspecified atom stereocenters. The van der Waals surface area contributed by atoms with E-state index in [4.69, 9.17) is 28.9 Å². The topological polar surface area (TPSA) is 104 Å². The average molecular weight is 470 g/mol. The van der Waals surface area contributed by atoms with Gasteiger partial charge in [0.25, 0.3) is 0 Å². The van der Waals surface area contributed by atoms with Gasteiger partial charge in [-0.05, 0) is 54.6 Å². The van der Waals surface area contributed by atoms with Crippen LogP contribution >= 0.6 is 23.2 Å². The molecule has 0 radical (unpaired) electrons. The zero-order chi connectivity index (χ0) is 22.1. The second kappa shape index (κ2) is 8.85. The Hall–Kier alpha value is -3.01. The number of halogens is 2. The first-order chi connectivity index (χ1) is 15.6. The standard InChI is InChI=1S/C21H21Cl2N9/c22-17-4-3-5-18(19(17)23)32-21(27-28-29-32)16-10-14(11-25-20(16)24)15-12-26-31(13-15)9-8-30-6-1-2-7-30/h3-5,10-13H,1-2,6-9H2,(H2,24,25). The summed E-state index contributed by atoms with van der Waals surface area (Å²) < 4.78 is 3.46. The fourth-order valence-corrected chi connectivity index (χ4v) is 4.25. The molecule has 3 aromatic heterocycles. The Morgan fingerprint density at radius 3 is 2.72 bits per heavy atom. The third-order valence-corrected chi connectivity index (χ3v) is 6.41. The lowest BCUT2D eigenvalue weighted by atomic mass is 10.1. The highest BCUT2D eigenvalue weighted by Gasteiger charge is 2.19. The Morgan fingerprint density at radius 2 is 1.88 bits per heavy atom. The van der Waals surface area contributed by atoms with Crippen LogP contribution in [0.1, 0.15) is 12.8 Å². The van der Waals surface area contributed by atoms with Crippen LogP contribution in [0.4, 0.5) is 5.82 Å². The number of nitrogen functional groups attached to an aromatic ring is 1. The number of likely N-dealkylation sites (tertiary alicyclic amines) is 1. The summed E-state index contributed by atoms with van der Waals surface area (Å²) in [6.07, 6.45) is 8.14. The molecule has 2 N–H and O–H groups in total. The van der Waals surface area contributed by atoms with Crippen LogP contribution < -0.4 is 5.73 Å². The Bertz CT molecular complexity index is 1240. The molecule has 1 saturated heterocycles. The monoisotopic (exact) mass is 469 g/mol. The van der Waals surface area contributed by atoms with Crippen molar-refractivity contribution in [1.82, 2.24) is 39.9 Å². The summed E-state index contributed by atoms with van der Waals surface area (Å²) in [4.78, 5) is 6.83. The Kier molecular flexibility index (Phi) is 5.77. The summed E-state index contributed by atoms with van der Waals surface area (Å²) in [6, 6.07) is 7.18. The van der Waals surface area contributed by atoms with E-state index >= 15 is 0 Å². The van der Waals surface area contributed by atoms with Crippen molar-refractivity contribution in [3.63, 3.8) is 0 Å². The molecule has 4 heterocycles. The number of tetrazole rings is 1. The summed E-state index contributed by atoms with van der Waals surface area (Å²) in [7, 11) is 0. The van der Waals surface area contributed by atoms with E-state index in [0.29, 0.717) is 32.9 Å². The summed E-state index contributed by atoms with van der Waals surface area (Å²) in [5, 5.41) is 17.3. The van der Waals surface area contributed by atoms with Crippen LogP contribution in [0, 0.1) is 0 Å². The number of benzene rings is 1. The molecule has 1 fully saturated rings. The lowest BCUT2D eigenvalue weighted by Crippen LogP contribution is -2.24. The van der Waals surface area contributed by atoms with Crippen molar-refractivity contribution in [3.05, 3.63) is 52.9 Å². The van der Waals surface area contributed by atoms with E-state index in [1.165, 1.54) is 30.6 Å². The molecule has 1 aromatic carbocycles. The lowest BCUT2D eigenvalue weighted by molar-refractivity contribution is 0.316. The van der Waals surface area contributed by atoms with Crippen molar-refractivity contribution in [2.24, 2.45) is 0 Å². The first-order valence-corrected chi connectivity index (χ1v) is 11.1. The van der Waals surface area contributed by atoms with Crippen LogP contribution in [0.5, 0.6) is 0 Å². The second-order valence-electron chi connectivity index (χ2n) is 7.68. The summed E-state index contributed by atoms with van der Waals surface area (Å²) in [5.41, 5.74) is 9.15. The highest BCUT2D eigenvalue weighted by Crippen LogP contribution is 2.33. The molecule has 0 spiro atoms. The van der Waals surface area contributed by atoms with E-state index in [1.807, 2.05) is 23.1 Å². The van der Waals surface area contributed by atoms with Gasteiger partial charge in [0, 0.05) is 30.1 Å². The first kappa shape index (κ1) is 20.9. The van der Waals surface area contributed by atoms with Crippen molar-refractivity contribution in [1.29, 1.82) is 0 Å². The van der Waals surface area contributed by atoms with E-state index in [2.05, 4.69) is 30.5 Å². The van der Waals surface area contributed by atoms with Gasteiger partial charge in [0.05, 0.1) is 34.0 Å². The van der Waals surface area contributed by atoms with Crippen molar-refractivity contribution < 1.29 is 0 Å². The number of nitrogens with two attached hydrogens (primary N) is 1. The zero-order valence-electron chi connectivity index (χ0n) is 17.2. The third-order valence-electron chi connectivity index (χ3n) is 5.60. The number of nitrogens with zero attached hydrogens (tertiary/aromatic N) is 8. The summed E-state index contributed by atoms with van der Waals surface area (Å²) >= 11 is 12.6. The van der Waals surface area contributed by atoms with E-state index in [0.717, 1.165) is 24.2 Å². The van der Waals surface area contributed by atoms with Gasteiger partial charge in [0.2, 0.25) is 0 Å². The van der Waals surface area contributed by atoms with Gasteiger partial charge in [-0.1, -0.05) is 29.3 Å². The molecule has 0 atom stereocenters. The number of hydrogen-bond donors (Lipinski definition) is 1. The van der Waals surface area contributed by atoms with Gasteiger partial charge in [0.1, 0.15) is 5.82 Å². The molecule has 164 valence electrons. The first-order valence-electron chi connectivity index (χ1n) is 10.3. The maximum absolute atomic E-state index is 6.38. The molecule has 9 nitrogen and oxygen atoms in total. The Balaban J connectivity index is 1.45. The minimum Gasteiger partial charge on any atom is -0.383 e. The summed E-state index contributed by atoms with van der Waals surface area (Å²) in [6.45, 7) is 4.19. The molecule has 32 heavy (non-hydrogen) atoms. The van der Waals surface area contributed by atoms with Crippen LogP contribution in [-0.2, 0) is 6.54 Å². The molecule has 0 bridgehead atoms. The van der Waals surface area contributed by atoms with Crippen molar-refractivity contribution in [2.45, 2.75) is 19.4 Å². The van der Waals surface area contributed by atoms with E-state index in [1.54, 1.807) is 24.4 Å². The van der Waals surface area contributed by atoms with Crippen molar-refractivity contribution >= 4 is 29.0 Å². The molecule has 5 rings (SSSR count). The normalized spacial score (nSPS) is 14.3. The van der Waals surface area contributed by atoms with Crippen LogP contribution in [0.3, 0.4) is 0 Å². The molecule has 11 heteroatoms. The van der Waals surface area contributed by atoms with Crippen LogP contribution in [-0.4, -0.2) is 59.5 Å². The minimum atomic E-state index is 0.310. The van der Waals surface area contributed by atoms with Gasteiger partial charge < -0.3 is 10.6 Å². The smallest absolute Gasteiger partial charge is 0.190 e. The van der Waals surface area contributed by atoms with Gasteiger partial charge in [-0.25, -0.2) is 4.98 Å². The molecule has 0 aliphatic carbocycles. The Morgan fingerprint density at radius 1 is 1.03 bits per heavy atom. The third kappa shape index (κ3) is 4.06. The largest absolute Gasteiger partial charge is 0.383 e. The maximum Gasteiger partial charge on any atom is 0.190 e. The fraction of sp³-hybridized carbons (Fsp3) is 0.286. The molecule has 0 saturated carbocycles. The quantitative estimate of drug-likeness (QED) is 0.460. The predicted molar refractivity (Wildman–Crippen MR) is 124 cm³/mol. The van der Waals surface area contributed by atoms with Gasteiger partial charge in [-0.2, -0.15) is 9.78 Å². The number of aromatic nitrogens is 7. The van der Waals surface area contributed by atoms with E-state index < -0.39 is 0 Å². The van der Waals surface area contributed by atoms with Gasteiger partial charge >= 0.3 is 0 Å². The molecule has 1 aliphatic heterocycles. The van der Waals surface area contributed by atoms with E-state index in [-0.39, 0.29) is 0 Å². The Labute approximate surface area is 194 Å². The second-order valence-corrected chi connectivity index (χ2v) is 8.47. The number of anilines is 1. The molecular weight excluding hydrogens is 449 g/mol. The maximum atomic E-state index is 6.38. The molecule has 1 aliphatic rings.